The van der Waals surface area contributed by atoms with Gasteiger partial charge in [0.1, 0.15) is 12.4 Å². The standard InChI is InChI=1S/C16H20N2O/c1-3-15(17)13-6-8-14(9-7-13)19-11-16-12(2)5-4-10-18-16/h4-10,15H,3,11,17H2,1-2H3/t15-/m1/s1. The topological polar surface area (TPSA) is 48.1 Å². The first-order chi connectivity index (χ1) is 9.20. The maximum atomic E-state index is 5.98. The van der Waals surface area contributed by atoms with Crippen molar-refractivity contribution in [1.29, 1.82) is 0 Å². The fraction of sp³-hybridized carbons (Fsp3) is 0.312. The number of benzene rings is 1. The molecule has 3 heteroatoms. The number of aromatic nitrogens is 1. The average Bonchev–Trinajstić information content (AvgIpc) is 2.46. The van der Waals surface area contributed by atoms with Gasteiger partial charge in [0.25, 0.3) is 0 Å². The second kappa shape index (κ2) is 6.34. The summed E-state index contributed by atoms with van der Waals surface area (Å²) in [4.78, 5) is 4.31. The van der Waals surface area contributed by atoms with E-state index in [2.05, 4.69) is 11.9 Å². The minimum absolute atomic E-state index is 0.104. The van der Waals surface area contributed by atoms with Crippen LogP contribution in [0.15, 0.2) is 42.6 Å². The summed E-state index contributed by atoms with van der Waals surface area (Å²) in [6.07, 6.45) is 2.72. The summed E-state index contributed by atoms with van der Waals surface area (Å²) in [5.74, 6) is 0.845. The van der Waals surface area contributed by atoms with E-state index >= 15 is 0 Å². The van der Waals surface area contributed by atoms with Gasteiger partial charge in [-0.05, 0) is 42.7 Å². The normalized spacial score (nSPS) is 12.2. The Balaban J connectivity index is 1.99. The van der Waals surface area contributed by atoms with Crippen molar-refractivity contribution in [1.82, 2.24) is 4.98 Å². The van der Waals surface area contributed by atoms with Crippen molar-refractivity contribution in [3.63, 3.8) is 0 Å². The molecule has 100 valence electrons. The molecule has 0 aliphatic rings. The third-order valence-corrected chi connectivity index (χ3v) is 3.24. The predicted molar refractivity (Wildman–Crippen MR) is 77.0 cm³/mol. The Morgan fingerprint density at radius 1 is 1.21 bits per heavy atom. The number of pyridine rings is 1. The molecular weight excluding hydrogens is 236 g/mol. The van der Waals surface area contributed by atoms with Crippen molar-refractivity contribution >= 4 is 0 Å². The number of hydrogen-bond donors (Lipinski definition) is 1. The lowest BCUT2D eigenvalue weighted by Crippen LogP contribution is -2.08. The minimum Gasteiger partial charge on any atom is -0.487 e. The molecule has 3 nitrogen and oxygen atoms in total. The van der Waals surface area contributed by atoms with Crippen molar-refractivity contribution in [2.24, 2.45) is 5.73 Å². The molecule has 19 heavy (non-hydrogen) atoms. The van der Waals surface area contributed by atoms with Crippen molar-refractivity contribution in [2.75, 3.05) is 0 Å². The summed E-state index contributed by atoms with van der Waals surface area (Å²) in [6, 6.07) is 12.0. The fourth-order valence-corrected chi connectivity index (χ4v) is 1.87. The van der Waals surface area contributed by atoms with E-state index in [1.54, 1.807) is 6.20 Å². The predicted octanol–water partition coefficient (Wildman–Crippen LogP) is 3.38. The summed E-state index contributed by atoms with van der Waals surface area (Å²) in [7, 11) is 0. The molecule has 2 rings (SSSR count). The fourth-order valence-electron chi connectivity index (χ4n) is 1.87. The molecule has 1 heterocycles. The highest BCUT2D eigenvalue weighted by atomic mass is 16.5. The molecule has 1 atom stereocenters. The molecule has 0 amide bonds. The summed E-state index contributed by atoms with van der Waals surface area (Å²) in [6.45, 7) is 4.61. The average molecular weight is 256 g/mol. The Hall–Kier alpha value is -1.87. The molecule has 2 N–H and O–H groups in total. The van der Waals surface area contributed by atoms with Crippen LogP contribution < -0.4 is 10.5 Å². The highest BCUT2D eigenvalue weighted by Crippen LogP contribution is 2.19. The molecule has 0 fully saturated rings. The molecule has 0 aliphatic heterocycles. The summed E-state index contributed by atoms with van der Waals surface area (Å²) in [5.41, 5.74) is 9.24. The van der Waals surface area contributed by atoms with Crippen LogP contribution in [-0.2, 0) is 6.61 Å². The van der Waals surface area contributed by atoms with E-state index in [1.165, 1.54) is 0 Å². The summed E-state index contributed by atoms with van der Waals surface area (Å²) >= 11 is 0. The van der Waals surface area contributed by atoms with Crippen molar-refractivity contribution in [3.8, 4) is 5.75 Å². The largest absolute Gasteiger partial charge is 0.487 e. The first kappa shape index (κ1) is 13.6. The molecule has 0 saturated carbocycles. The van der Waals surface area contributed by atoms with Crippen LogP contribution >= 0.6 is 0 Å². The Morgan fingerprint density at radius 3 is 2.58 bits per heavy atom. The maximum Gasteiger partial charge on any atom is 0.130 e. The maximum absolute atomic E-state index is 5.98. The zero-order valence-electron chi connectivity index (χ0n) is 11.5. The third kappa shape index (κ3) is 3.55. The van der Waals surface area contributed by atoms with Crippen LogP contribution in [-0.4, -0.2) is 4.98 Å². The van der Waals surface area contributed by atoms with E-state index in [4.69, 9.17) is 10.5 Å². The van der Waals surface area contributed by atoms with Crippen LogP contribution in [0.25, 0.3) is 0 Å². The lowest BCUT2D eigenvalue weighted by Gasteiger charge is -2.11. The number of ether oxygens (including phenoxy) is 1. The molecule has 0 spiro atoms. The first-order valence-electron chi connectivity index (χ1n) is 6.59. The SMILES string of the molecule is CC[C@@H](N)c1ccc(OCc2ncccc2C)cc1. The Morgan fingerprint density at radius 2 is 1.95 bits per heavy atom. The van der Waals surface area contributed by atoms with E-state index in [-0.39, 0.29) is 6.04 Å². The number of nitrogens with two attached hydrogens (primary N) is 1. The van der Waals surface area contributed by atoms with E-state index in [1.807, 2.05) is 43.3 Å². The van der Waals surface area contributed by atoms with Gasteiger partial charge < -0.3 is 10.5 Å². The van der Waals surface area contributed by atoms with Crippen molar-refractivity contribution < 1.29 is 4.74 Å². The van der Waals surface area contributed by atoms with Crippen LogP contribution in [0.5, 0.6) is 5.75 Å². The number of nitrogens with zero attached hydrogens (tertiary/aromatic N) is 1. The quantitative estimate of drug-likeness (QED) is 0.892. The van der Waals surface area contributed by atoms with Gasteiger partial charge in [-0.15, -0.1) is 0 Å². The highest BCUT2D eigenvalue weighted by molar-refractivity contribution is 5.29. The molecule has 0 bridgehead atoms. The molecule has 1 aromatic heterocycles. The number of rotatable bonds is 5. The smallest absolute Gasteiger partial charge is 0.130 e. The lowest BCUT2D eigenvalue weighted by atomic mass is 10.1. The van der Waals surface area contributed by atoms with Gasteiger partial charge in [0.2, 0.25) is 0 Å². The van der Waals surface area contributed by atoms with E-state index < -0.39 is 0 Å². The monoisotopic (exact) mass is 256 g/mol. The second-order valence-corrected chi connectivity index (χ2v) is 4.64. The Labute approximate surface area is 114 Å². The number of aryl methyl sites for hydroxylation is 1. The van der Waals surface area contributed by atoms with Crippen molar-refractivity contribution in [2.45, 2.75) is 32.9 Å². The van der Waals surface area contributed by atoms with Gasteiger partial charge in [0.05, 0.1) is 5.69 Å². The van der Waals surface area contributed by atoms with E-state index in [0.717, 1.165) is 29.0 Å². The van der Waals surface area contributed by atoms with Gasteiger partial charge in [-0.3, -0.25) is 4.98 Å². The minimum atomic E-state index is 0.104. The van der Waals surface area contributed by atoms with Crippen LogP contribution in [0.2, 0.25) is 0 Å². The first-order valence-corrected chi connectivity index (χ1v) is 6.59. The van der Waals surface area contributed by atoms with Gasteiger partial charge in [-0.1, -0.05) is 25.1 Å². The summed E-state index contributed by atoms with van der Waals surface area (Å²) in [5, 5.41) is 0. The molecule has 1 aromatic carbocycles. The van der Waals surface area contributed by atoms with Crippen LogP contribution in [0.3, 0.4) is 0 Å². The Bertz CT molecular complexity index is 523. The second-order valence-electron chi connectivity index (χ2n) is 4.64. The van der Waals surface area contributed by atoms with Crippen molar-refractivity contribution in [3.05, 3.63) is 59.4 Å². The lowest BCUT2D eigenvalue weighted by molar-refractivity contribution is 0.300. The molecule has 2 aromatic rings. The van der Waals surface area contributed by atoms with Gasteiger partial charge in [0, 0.05) is 12.2 Å². The molecule has 0 radical (unpaired) electrons. The van der Waals surface area contributed by atoms with E-state index in [0.29, 0.717) is 6.61 Å². The molecule has 0 saturated heterocycles. The summed E-state index contributed by atoms with van der Waals surface area (Å²) < 4.78 is 5.74. The van der Waals surface area contributed by atoms with Gasteiger partial charge in [0.15, 0.2) is 0 Å². The van der Waals surface area contributed by atoms with Crippen LogP contribution in [0.1, 0.15) is 36.2 Å². The molecule has 0 unspecified atom stereocenters. The van der Waals surface area contributed by atoms with Gasteiger partial charge >= 0.3 is 0 Å². The highest BCUT2D eigenvalue weighted by Gasteiger charge is 2.04. The van der Waals surface area contributed by atoms with Gasteiger partial charge in [-0.25, -0.2) is 0 Å². The van der Waals surface area contributed by atoms with Crippen LogP contribution in [0.4, 0.5) is 0 Å². The van der Waals surface area contributed by atoms with Gasteiger partial charge in [-0.2, -0.15) is 0 Å². The molecular formula is C16H20N2O. The van der Waals surface area contributed by atoms with Crippen LogP contribution in [0, 0.1) is 6.92 Å². The van der Waals surface area contributed by atoms with E-state index in [9.17, 15) is 0 Å². The zero-order chi connectivity index (χ0) is 13.7. The third-order valence-electron chi connectivity index (χ3n) is 3.24. The Kier molecular flexibility index (Phi) is 4.53. The molecule has 0 aliphatic carbocycles. The zero-order valence-corrected chi connectivity index (χ0v) is 11.5. The number of hydrogen-bond acceptors (Lipinski definition) is 3.